The van der Waals surface area contributed by atoms with Gasteiger partial charge in [0.2, 0.25) is 0 Å². The molecule has 2 fully saturated rings. The summed E-state index contributed by atoms with van der Waals surface area (Å²) in [6.07, 6.45) is 12.4. The van der Waals surface area contributed by atoms with Crippen molar-refractivity contribution in [3.05, 3.63) is 35.4 Å². The zero-order valence-corrected chi connectivity index (χ0v) is 12.0. The molecule has 0 radical (unpaired) electrons. The van der Waals surface area contributed by atoms with Gasteiger partial charge in [0.25, 0.3) is 0 Å². The minimum Gasteiger partial charge on any atom is -0.330 e. The van der Waals surface area contributed by atoms with Gasteiger partial charge in [0, 0.05) is 12.0 Å². The molecule has 104 valence electrons. The third-order valence-corrected chi connectivity index (χ3v) is 5.55. The van der Waals surface area contributed by atoms with E-state index in [1.54, 1.807) is 5.56 Å². The van der Waals surface area contributed by atoms with Crippen molar-refractivity contribution in [2.75, 3.05) is 6.54 Å². The van der Waals surface area contributed by atoms with E-state index >= 15 is 0 Å². The zero-order valence-electron chi connectivity index (χ0n) is 12.0. The van der Waals surface area contributed by atoms with Gasteiger partial charge in [-0.15, -0.1) is 0 Å². The molecule has 0 bridgehead atoms. The van der Waals surface area contributed by atoms with Gasteiger partial charge in [-0.3, -0.25) is 0 Å². The largest absolute Gasteiger partial charge is 0.330 e. The lowest BCUT2D eigenvalue weighted by Gasteiger charge is -2.41. The van der Waals surface area contributed by atoms with Crippen LogP contribution < -0.4 is 5.73 Å². The maximum absolute atomic E-state index is 6.00. The molecular formula is C18H27N. The quantitative estimate of drug-likeness (QED) is 0.792. The van der Waals surface area contributed by atoms with Gasteiger partial charge in [0.1, 0.15) is 0 Å². The van der Waals surface area contributed by atoms with Crippen LogP contribution in [0.5, 0.6) is 0 Å². The molecule has 0 aromatic heterocycles. The molecule has 19 heavy (non-hydrogen) atoms. The van der Waals surface area contributed by atoms with Crippen molar-refractivity contribution in [1.82, 2.24) is 0 Å². The van der Waals surface area contributed by atoms with Crippen LogP contribution in [0.1, 0.15) is 74.8 Å². The van der Waals surface area contributed by atoms with Crippen molar-refractivity contribution in [2.24, 2.45) is 5.73 Å². The molecule has 0 atom stereocenters. The Hall–Kier alpha value is -0.820. The van der Waals surface area contributed by atoms with Crippen LogP contribution >= 0.6 is 0 Å². The first-order valence-electron chi connectivity index (χ1n) is 8.15. The summed E-state index contributed by atoms with van der Waals surface area (Å²) in [5, 5.41) is 0. The summed E-state index contributed by atoms with van der Waals surface area (Å²) < 4.78 is 0. The van der Waals surface area contributed by atoms with Crippen molar-refractivity contribution in [1.29, 1.82) is 0 Å². The second-order valence-corrected chi connectivity index (χ2v) is 6.65. The molecule has 0 heterocycles. The topological polar surface area (TPSA) is 26.0 Å². The smallest absolute Gasteiger partial charge is 0.00755 e. The first-order valence-corrected chi connectivity index (χ1v) is 8.15. The highest BCUT2D eigenvalue weighted by Gasteiger charge is 2.37. The lowest BCUT2D eigenvalue weighted by molar-refractivity contribution is 0.253. The Kier molecular flexibility index (Phi) is 3.93. The van der Waals surface area contributed by atoms with Gasteiger partial charge in [-0.1, -0.05) is 56.4 Å². The summed E-state index contributed by atoms with van der Waals surface area (Å²) in [5.41, 5.74) is 9.38. The van der Waals surface area contributed by atoms with Gasteiger partial charge < -0.3 is 5.73 Å². The monoisotopic (exact) mass is 257 g/mol. The van der Waals surface area contributed by atoms with E-state index in [4.69, 9.17) is 5.73 Å². The molecule has 1 aromatic rings. The fraction of sp³-hybridized carbons (Fsp3) is 0.667. The van der Waals surface area contributed by atoms with E-state index in [0.717, 1.165) is 12.5 Å². The van der Waals surface area contributed by atoms with Crippen molar-refractivity contribution < 1.29 is 0 Å². The van der Waals surface area contributed by atoms with Crippen molar-refractivity contribution >= 4 is 0 Å². The Morgan fingerprint density at radius 1 is 0.895 bits per heavy atom. The van der Waals surface area contributed by atoms with Gasteiger partial charge in [0.05, 0.1) is 0 Å². The molecule has 2 saturated carbocycles. The molecular weight excluding hydrogens is 230 g/mol. The van der Waals surface area contributed by atoms with Crippen LogP contribution in [0.2, 0.25) is 0 Å². The van der Waals surface area contributed by atoms with E-state index in [1.807, 2.05) is 0 Å². The first-order chi connectivity index (χ1) is 9.34. The normalized spacial score (nSPS) is 23.6. The third-order valence-electron chi connectivity index (χ3n) is 5.55. The highest BCUT2D eigenvalue weighted by molar-refractivity contribution is 5.33. The molecule has 0 spiro atoms. The molecule has 1 heteroatoms. The molecule has 2 N–H and O–H groups in total. The predicted octanol–water partition coefficient (Wildman–Crippen LogP) is 4.50. The van der Waals surface area contributed by atoms with Crippen LogP contribution in [0.15, 0.2) is 24.3 Å². The van der Waals surface area contributed by atoms with Crippen LogP contribution in [0.3, 0.4) is 0 Å². The fourth-order valence-corrected chi connectivity index (χ4v) is 3.94. The molecule has 0 amide bonds. The van der Waals surface area contributed by atoms with Crippen molar-refractivity contribution in [2.45, 2.75) is 69.1 Å². The Labute approximate surface area is 117 Å². The molecule has 1 nitrogen and oxygen atoms in total. The molecule has 1 aromatic carbocycles. The molecule has 0 saturated heterocycles. The third kappa shape index (κ3) is 2.58. The van der Waals surface area contributed by atoms with Crippen LogP contribution in [-0.2, 0) is 5.41 Å². The lowest BCUT2D eigenvalue weighted by atomic mass is 9.64. The lowest BCUT2D eigenvalue weighted by Crippen LogP contribution is -2.41. The fourth-order valence-electron chi connectivity index (χ4n) is 3.94. The maximum Gasteiger partial charge on any atom is 0.00755 e. The molecule has 2 aliphatic rings. The predicted molar refractivity (Wildman–Crippen MR) is 81.5 cm³/mol. The number of benzene rings is 1. The number of hydrogen-bond donors (Lipinski definition) is 1. The average Bonchev–Trinajstić information content (AvgIpc) is 2.68. The molecule has 2 aliphatic carbocycles. The maximum atomic E-state index is 6.00. The van der Waals surface area contributed by atoms with Gasteiger partial charge in [-0.25, -0.2) is 0 Å². The molecule has 0 unspecified atom stereocenters. The van der Waals surface area contributed by atoms with E-state index in [1.165, 1.54) is 63.4 Å². The van der Waals surface area contributed by atoms with Gasteiger partial charge in [-0.05, 0) is 42.7 Å². The van der Waals surface area contributed by atoms with E-state index in [2.05, 4.69) is 24.3 Å². The second kappa shape index (κ2) is 5.66. The first kappa shape index (κ1) is 13.2. The average molecular weight is 257 g/mol. The van der Waals surface area contributed by atoms with Crippen LogP contribution in [0.4, 0.5) is 0 Å². The summed E-state index contributed by atoms with van der Waals surface area (Å²) in [4.78, 5) is 0. The summed E-state index contributed by atoms with van der Waals surface area (Å²) in [6.45, 7) is 0.815. The van der Waals surface area contributed by atoms with Gasteiger partial charge in [0.15, 0.2) is 0 Å². The van der Waals surface area contributed by atoms with Crippen LogP contribution in [-0.4, -0.2) is 6.54 Å². The summed E-state index contributed by atoms with van der Waals surface area (Å²) in [7, 11) is 0. The standard InChI is InChI=1S/C18H27N/c19-14-18(12-5-13-18)17-10-8-16(9-11-17)15-6-3-1-2-4-7-15/h8-11,15H,1-7,12-14,19H2. The second-order valence-electron chi connectivity index (χ2n) is 6.65. The molecule has 3 rings (SSSR count). The SMILES string of the molecule is NCC1(c2ccc(C3CCCCCC3)cc2)CCC1. The minimum absolute atomic E-state index is 0.321. The van der Waals surface area contributed by atoms with E-state index in [0.29, 0.717) is 5.41 Å². The summed E-state index contributed by atoms with van der Waals surface area (Å²) in [5.74, 6) is 0.812. The highest BCUT2D eigenvalue weighted by atomic mass is 14.6. The van der Waals surface area contributed by atoms with Crippen molar-refractivity contribution in [3.63, 3.8) is 0 Å². The van der Waals surface area contributed by atoms with Gasteiger partial charge in [-0.2, -0.15) is 0 Å². The van der Waals surface area contributed by atoms with Crippen LogP contribution in [0, 0.1) is 0 Å². The van der Waals surface area contributed by atoms with E-state index < -0.39 is 0 Å². The van der Waals surface area contributed by atoms with E-state index in [-0.39, 0.29) is 0 Å². The highest BCUT2D eigenvalue weighted by Crippen LogP contribution is 2.43. The van der Waals surface area contributed by atoms with E-state index in [9.17, 15) is 0 Å². The zero-order chi connectivity index (χ0) is 13.1. The Bertz CT molecular complexity index is 389. The molecule has 0 aliphatic heterocycles. The Balaban J connectivity index is 1.74. The van der Waals surface area contributed by atoms with Crippen molar-refractivity contribution in [3.8, 4) is 0 Å². The summed E-state index contributed by atoms with van der Waals surface area (Å²) in [6, 6.07) is 9.51. The van der Waals surface area contributed by atoms with Gasteiger partial charge >= 0.3 is 0 Å². The Morgan fingerprint density at radius 2 is 1.53 bits per heavy atom. The Morgan fingerprint density at radius 3 is 2.00 bits per heavy atom. The van der Waals surface area contributed by atoms with Crippen LogP contribution in [0.25, 0.3) is 0 Å². The number of hydrogen-bond acceptors (Lipinski definition) is 1. The minimum atomic E-state index is 0.321. The number of nitrogens with two attached hydrogens (primary N) is 1. The summed E-state index contributed by atoms with van der Waals surface area (Å²) >= 11 is 0. The number of rotatable bonds is 3.